The molecule has 1 aromatic rings. The molecule has 0 aliphatic heterocycles. The minimum absolute atomic E-state index is 0.114. The van der Waals surface area contributed by atoms with Crippen LogP contribution < -0.4 is 10.6 Å². The second-order valence-electron chi connectivity index (χ2n) is 7.52. The van der Waals surface area contributed by atoms with Crippen molar-refractivity contribution in [3.63, 3.8) is 0 Å². The van der Waals surface area contributed by atoms with Gasteiger partial charge in [0, 0.05) is 19.2 Å². The van der Waals surface area contributed by atoms with Crippen LogP contribution in [-0.2, 0) is 32.1 Å². The number of carboxylic acids is 3. The highest BCUT2D eigenvalue weighted by Crippen LogP contribution is 2.09. The van der Waals surface area contributed by atoms with E-state index < -0.39 is 55.5 Å². The summed E-state index contributed by atoms with van der Waals surface area (Å²) in [5.41, 5.74) is 0.560. The molecule has 0 aromatic carbocycles. The van der Waals surface area contributed by atoms with E-state index in [1.54, 1.807) is 0 Å². The molecule has 0 aliphatic carbocycles. The molecule has 0 aliphatic rings. The first-order valence-corrected chi connectivity index (χ1v) is 10.7. The predicted octanol–water partition coefficient (Wildman–Crippen LogP) is -0.361. The van der Waals surface area contributed by atoms with Gasteiger partial charge in [-0.2, -0.15) is 5.06 Å². The second kappa shape index (κ2) is 15.2. The number of alkyl halides is 1. The van der Waals surface area contributed by atoms with Crippen molar-refractivity contribution >= 4 is 29.8 Å². The molecule has 1 rings (SSSR count). The fourth-order valence-electron chi connectivity index (χ4n) is 2.90. The van der Waals surface area contributed by atoms with Crippen molar-refractivity contribution in [2.45, 2.75) is 63.6 Å². The third-order valence-corrected chi connectivity index (χ3v) is 4.72. The smallest absolute Gasteiger partial charge is 0.342 e. The Hall–Kier alpha value is -3.82. The van der Waals surface area contributed by atoms with E-state index in [1.165, 1.54) is 10.9 Å². The van der Waals surface area contributed by atoms with Gasteiger partial charge in [-0.3, -0.25) is 19.2 Å². The number of nitrogens with one attached hydrogen (secondary N) is 2. The third-order valence-electron chi connectivity index (χ3n) is 4.72. The third kappa shape index (κ3) is 11.2. The highest BCUT2D eigenvalue weighted by Gasteiger charge is 2.31. The van der Waals surface area contributed by atoms with Gasteiger partial charge in [0.1, 0.15) is 12.6 Å². The van der Waals surface area contributed by atoms with E-state index in [-0.39, 0.29) is 36.9 Å². The van der Waals surface area contributed by atoms with Crippen LogP contribution >= 0.6 is 0 Å². The quantitative estimate of drug-likeness (QED) is 0.0912. The molecule has 1 unspecified atom stereocenters. The molecular formula is C19H29FN6O9. The molecule has 0 saturated carbocycles. The number of hydrogen-bond acceptors (Lipinski definition) is 8. The fourth-order valence-corrected chi connectivity index (χ4v) is 2.90. The molecule has 6 N–H and O–H groups in total. The molecule has 3 amide bonds. The molecule has 196 valence electrons. The normalized spacial score (nSPS) is 12.4. The molecule has 15 nitrogen and oxygen atoms in total. The highest BCUT2D eigenvalue weighted by atomic mass is 19.1. The largest absolute Gasteiger partial charge is 0.481 e. The SMILES string of the molecule is O=C(O)CCC(NC(=O)N(O)[C@@H](CCCCNC(=O)Cn1cc(CCCF)nn1)C(=O)O)C(=O)O. The maximum absolute atomic E-state index is 12.2. The average molecular weight is 504 g/mol. The van der Waals surface area contributed by atoms with Crippen LogP contribution in [0, 0.1) is 0 Å². The fraction of sp³-hybridized carbons (Fsp3) is 0.632. The summed E-state index contributed by atoms with van der Waals surface area (Å²) in [4.78, 5) is 57.2. The molecule has 1 aromatic heterocycles. The molecule has 16 heteroatoms. The van der Waals surface area contributed by atoms with Crippen LogP contribution in [0.2, 0.25) is 0 Å². The lowest BCUT2D eigenvalue weighted by Gasteiger charge is -2.24. The number of aromatic nitrogens is 3. The van der Waals surface area contributed by atoms with Crippen molar-refractivity contribution in [2.24, 2.45) is 0 Å². The van der Waals surface area contributed by atoms with Gasteiger partial charge in [-0.15, -0.1) is 5.10 Å². The van der Waals surface area contributed by atoms with Crippen LogP contribution in [0.5, 0.6) is 0 Å². The average Bonchev–Trinajstić information content (AvgIpc) is 3.23. The summed E-state index contributed by atoms with van der Waals surface area (Å²) in [6.45, 7) is -0.426. The van der Waals surface area contributed by atoms with Gasteiger partial charge in [0.2, 0.25) is 5.91 Å². The van der Waals surface area contributed by atoms with Crippen molar-refractivity contribution in [1.29, 1.82) is 0 Å². The van der Waals surface area contributed by atoms with Gasteiger partial charge < -0.3 is 26.0 Å². The van der Waals surface area contributed by atoms with Gasteiger partial charge in [0.25, 0.3) is 0 Å². The Labute approximate surface area is 198 Å². The number of hydroxylamine groups is 2. The lowest BCUT2D eigenvalue weighted by atomic mass is 10.1. The minimum Gasteiger partial charge on any atom is -0.481 e. The Kier molecular flexibility index (Phi) is 12.6. The summed E-state index contributed by atoms with van der Waals surface area (Å²) < 4.78 is 13.5. The summed E-state index contributed by atoms with van der Waals surface area (Å²) in [6, 6.07) is -4.73. The van der Waals surface area contributed by atoms with E-state index in [9.17, 15) is 38.7 Å². The van der Waals surface area contributed by atoms with E-state index in [4.69, 9.17) is 10.2 Å². The van der Waals surface area contributed by atoms with Gasteiger partial charge >= 0.3 is 23.9 Å². The minimum atomic E-state index is -1.70. The molecule has 35 heavy (non-hydrogen) atoms. The summed E-state index contributed by atoms with van der Waals surface area (Å²) in [7, 11) is 0. The number of hydrogen-bond donors (Lipinski definition) is 6. The zero-order chi connectivity index (χ0) is 26.4. The Balaban J connectivity index is 2.44. The molecule has 2 atom stereocenters. The van der Waals surface area contributed by atoms with Gasteiger partial charge in [-0.05, 0) is 38.5 Å². The molecular weight excluding hydrogens is 475 g/mol. The summed E-state index contributed by atoms with van der Waals surface area (Å²) in [6.07, 6.45) is 1.50. The van der Waals surface area contributed by atoms with E-state index in [2.05, 4.69) is 15.6 Å². The number of aryl methyl sites for hydroxylation is 1. The first-order valence-electron chi connectivity index (χ1n) is 10.7. The number of amides is 3. The molecule has 0 spiro atoms. The summed E-state index contributed by atoms with van der Waals surface area (Å²) in [5, 5.41) is 48.8. The summed E-state index contributed by atoms with van der Waals surface area (Å²) in [5.74, 6) is -4.76. The van der Waals surface area contributed by atoms with Gasteiger partial charge in [0.15, 0.2) is 6.04 Å². The lowest BCUT2D eigenvalue weighted by molar-refractivity contribution is -0.157. The monoisotopic (exact) mass is 504 g/mol. The first-order chi connectivity index (χ1) is 16.5. The maximum Gasteiger partial charge on any atom is 0.342 e. The van der Waals surface area contributed by atoms with Gasteiger partial charge in [-0.25, -0.2) is 19.1 Å². The second-order valence-corrected chi connectivity index (χ2v) is 7.52. The number of aliphatic carboxylic acids is 3. The lowest BCUT2D eigenvalue weighted by Crippen LogP contribution is -2.52. The number of urea groups is 1. The Morgan fingerprint density at radius 1 is 1.06 bits per heavy atom. The Morgan fingerprint density at radius 2 is 1.77 bits per heavy atom. The number of nitrogens with zero attached hydrogens (tertiary/aromatic N) is 4. The number of carbonyl (C=O) groups is 5. The molecule has 1 heterocycles. The summed E-state index contributed by atoms with van der Waals surface area (Å²) >= 11 is 0. The first kappa shape index (κ1) is 29.2. The van der Waals surface area contributed by atoms with Crippen LogP contribution in [-0.4, -0.2) is 95.7 Å². The topological polar surface area (TPSA) is 224 Å². The molecule has 0 saturated heterocycles. The van der Waals surface area contributed by atoms with E-state index in [0.717, 1.165) is 0 Å². The number of halogens is 1. The van der Waals surface area contributed by atoms with E-state index >= 15 is 0 Å². The van der Waals surface area contributed by atoms with Crippen LogP contribution in [0.1, 0.15) is 44.2 Å². The zero-order valence-corrected chi connectivity index (χ0v) is 18.8. The van der Waals surface area contributed by atoms with E-state index in [0.29, 0.717) is 25.0 Å². The number of carbonyl (C=O) groups excluding carboxylic acids is 2. The van der Waals surface area contributed by atoms with Crippen molar-refractivity contribution in [3.8, 4) is 0 Å². The Bertz CT molecular complexity index is 881. The van der Waals surface area contributed by atoms with Crippen LogP contribution in [0.3, 0.4) is 0 Å². The van der Waals surface area contributed by atoms with Crippen molar-refractivity contribution in [2.75, 3.05) is 13.2 Å². The number of rotatable bonds is 17. The molecule has 0 fully saturated rings. The van der Waals surface area contributed by atoms with Crippen LogP contribution in [0.25, 0.3) is 0 Å². The van der Waals surface area contributed by atoms with Crippen LogP contribution in [0.15, 0.2) is 6.20 Å². The number of unbranched alkanes of at least 4 members (excludes halogenated alkanes) is 1. The van der Waals surface area contributed by atoms with Gasteiger partial charge in [-0.1, -0.05) is 5.21 Å². The Morgan fingerprint density at radius 3 is 2.37 bits per heavy atom. The highest BCUT2D eigenvalue weighted by molar-refractivity contribution is 5.85. The molecule has 0 bridgehead atoms. The van der Waals surface area contributed by atoms with Crippen LogP contribution in [0.4, 0.5) is 9.18 Å². The number of carboxylic acid groups (broad SMARTS) is 3. The zero-order valence-electron chi connectivity index (χ0n) is 18.8. The van der Waals surface area contributed by atoms with Crippen molar-refractivity contribution in [3.05, 3.63) is 11.9 Å². The molecule has 0 radical (unpaired) electrons. The predicted molar refractivity (Wildman–Crippen MR) is 113 cm³/mol. The van der Waals surface area contributed by atoms with Crippen molar-refractivity contribution in [1.82, 2.24) is 30.7 Å². The van der Waals surface area contributed by atoms with E-state index in [1.807, 2.05) is 5.32 Å². The maximum atomic E-state index is 12.2. The van der Waals surface area contributed by atoms with Crippen molar-refractivity contribution < 1.29 is 48.9 Å². The van der Waals surface area contributed by atoms with Gasteiger partial charge in [0.05, 0.1) is 12.4 Å². The standard InChI is InChI=1S/C19H29FN6O9/c20-8-3-4-12-10-25(24-23-12)11-15(27)21-9-2-1-5-14(18(32)33)26(35)19(34)22-13(17(30)31)6-7-16(28)29/h10,13-14,35H,1-9,11H2,(H,21,27)(H,22,34)(H,28,29)(H,30,31)(H,32,33)/t13?,14-/m0/s1.